The van der Waals surface area contributed by atoms with E-state index in [1.54, 1.807) is 0 Å². The summed E-state index contributed by atoms with van der Waals surface area (Å²) in [5.74, 6) is 1.05. The Hall–Kier alpha value is -1.97. The Kier molecular flexibility index (Phi) is 3.76. The molecule has 2 fully saturated rings. The summed E-state index contributed by atoms with van der Waals surface area (Å²) in [4.78, 5) is 10.4. The summed E-state index contributed by atoms with van der Waals surface area (Å²) in [5, 5.41) is 4.81. The molecule has 1 aromatic heterocycles. The standard InChI is InChI=1S/C19H26N4/c1-20-18(23-11-10-19(14-23)8-4-5-9-19)21-13-16-12-15-6-2-3-7-17(15)22-16/h2-3,6-7,12,22H,4-5,8-11,13-14H2,1H3,(H,20,21). The van der Waals surface area contributed by atoms with Crippen LogP contribution in [0.2, 0.25) is 0 Å². The van der Waals surface area contributed by atoms with Gasteiger partial charge in [-0.05, 0) is 42.2 Å². The molecule has 0 bridgehead atoms. The Morgan fingerprint density at radius 2 is 2.09 bits per heavy atom. The van der Waals surface area contributed by atoms with Crippen molar-refractivity contribution in [3.05, 3.63) is 36.0 Å². The molecule has 1 saturated heterocycles. The van der Waals surface area contributed by atoms with Gasteiger partial charge in [-0.3, -0.25) is 4.99 Å². The van der Waals surface area contributed by atoms with Crippen molar-refractivity contribution in [1.29, 1.82) is 0 Å². The first kappa shape index (κ1) is 14.6. The third-order valence-corrected chi connectivity index (χ3v) is 5.64. The van der Waals surface area contributed by atoms with Crippen LogP contribution in [0.5, 0.6) is 0 Å². The van der Waals surface area contributed by atoms with Crippen molar-refractivity contribution in [1.82, 2.24) is 15.2 Å². The lowest BCUT2D eigenvalue weighted by Crippen LogP contribution is -2.40. The largest absolute Gasteiger partial charge is 0.357 e. The van der Waals surface area contributed by atoms with Gasteiger partial charge in [0.1, 0.15) is 0 Å². The molecule has 0 radical (unpaired) electrons. The van der Waals surface area contributed by atoms with Crippen LogP contribution >= 0.6 is 0 Å². The first-order valence-corrected chi connectivity index (χ1v) is 8.80. The van der Waals surface area contributed by atoms with Gasteiger partial charge in [-0.2, -0.15) is 0 Å². The highest BCUT2D eigenvalue weighted by atomic mass is 15.3. The number of aliphatic imine (C=N–C) groups is 1. The van der Waals surface area contributed by atoms with Gasteiger partial charge in [0.05, 0.1) is 6.54 Å². The number of para-hydroxylation sites is 1. The quantitative estimate of drug-likeness (QED) is 0.658. The molecule has 1 spiro atoms. The summed E-state index contributed by atoms with van der Waals surface area (Å²) in [7, 11) is 1.90. The van der Waals surface area contributed by atoms with E-state index in [2.05, 4.69) is 50.5 Å². The van der Waals surface area contributed by atoms with Gasteiger partial charge in [0, 0.05) is 31.3 Å². The van der Waals surface area contributed by atoms with Gasteiger partial charge in [-0.25, -0.2) is 0 Å². The van der Waals surface area contributed by atoms with Crippen LogP contribution in [0.3, 0.4) is 0 Å². The summed E-state index contributed by atoms with van der Waals surface area (Å²) < 4.78 is 0. The second kappa shape index (κ2) is 5.91. The molecule has 1 aliphatic heterocycles. The number of likely N-dealkylation sites (tertiary alicyclic amines) is 1. The van der Waals surface area contributed by atoms with E-state index in [0.29, 0.717) is 5.41 Å². The molecule has 122 valence electrons. The number of aromatic nitrogens is 1. The summed E-state index contributed by atoms with van der Waals surface area (Å²) in [6, 6.07) is 10.6. The summed E-state index contributed by atoms with van der Waals surface area (Å²) in [5.41, 5.74) is 2.99. The zero-order chi connectivity index (χ0) is 15.7. The number of hydrogen-bond acceptors (Lipinski definition) is 1. The van der Waals surface area contributed by atoms with Crippen LogP contribution < -0.4 is 5.32 Å². The minimum atomic E-state index is 0.582. The van der Waals surface area contributed by atoms with Gasteiger partial charge in [0.2, 0.25) is 0 Å². The second-order valence-electron chi connectivity index (χ2n) is 7.16. The number of guanidine groups is 1. The van der Waals surface area contributed by atoms with Crippen LogP contribution in [0.25, 0.3) is 10.9 Å². The predicted octanol–water partition coefficient (Wildman–Crippen LogP) is 3.51. The van der Waals surface area contributed by atoms with E-state index in [1.165, 1.54) is 55.2 Å². The fraction of sp³-hybridized carbons (Fsp3) is 0.526. The van der Waals surface area contributed by atoms with Gasteiger partial charge < -0.3 is 15.2 Å². The topological polar surface area (TPSA) is 43.4 Å². The molecule has 2 aromatic rings. The number of fused-ring (bicyclic) bond motifs is 1. The highest BCUT2D eigenvalue weighted by Crippen LogP contribution is 2.45. The summed E-state index contributed by atoms with van der Waals surface area (Å²) in [6.07, 6.45) is 6.97. The highest BCUT2D eigenvalue weighted by Gasteiger charge is 2.41. The van der Waals surface area contributed by atoms with Crippen molar-refractivity contribution in [3.63, 3.8) is 0 Å². The summed E-state index contributed by atoms with van der Waals surface area (Å²) >= 11 is 0. The maximum absolute atomic E-state index is 4.51. The molecule has 4 heteroatoms. The third kappa shape index (κ3) is 2.82. The van der Waals surface area contributed by atoms with E-state index >= 15 is 0 Å². The molecule has 1 aliphatic carbocycles. The van der Waals surface area contributed by atoms with Gasteiger partial charge >= 0.3 is 0 Å². The van der Waals surface area contributed by atoms with E-state index in [4.69, 9.17) is 0 Å². The fourth-order valence-corrected chi connectivity index (χ4v) is 4.38. The lowest BCUT2D eigenvalue weighted by atomic mass is 9.86. The molecule has 1 saturated carbocycles. The SMILES string of the molecule is CN=C(NCc1cc2ccccc2[nH]1)N1CCC2(CCCC2)C1. The number of aromatic amines is 1. The molecule has 1 aromatic carbocycles. The van der Waals surface area contributed by atoms with E-state index in [1.807, 2.05) is 7.05 Å². The Bertz CT molecular complexity index is 676. The molecule has 0 unspecified atom stereocenters. The van der Waals surface area contributed by atoms with E-state index in [0.717, 1.165) is 19.0 Å². The van der Waals surface area contributed by atoms with E-state index < -0.39 is 0 Å². The van der Waals surface area contributed by atoms with E-state index in [9.17, 15) is 0 Å². The first-order chi connectivity index (χ1) is 11.3. The predicted molar refractivity (Wildman–Crippen MR) is 95.6 cm³/mol. The van der Waals surface area contributed by atoms with Crippen LogP contribution in [-0.4, -0.2) is 36.0 Å². The highest BCUT2D eigenvalue weighted by molar-refractivity contribution is 5.82. The van der Waals surface area contributed by atoms with E-state index in [-0.39, 0.29) is 0 Å². The van der Waals surface area contributed by atoms with Crippen molar-refractivity contribution < 1.29 is 0 Å². The van der Waals surface area contributed by atoms with Crippen LogP contribution in [0.4, 0.5) is 0 Å². The molecular formula is C19H26N4. The smallest absolute Gasteiger partial charge is 0.193 e. The van der Waals surface area contributed by atoms with Gasteiger partial charge in [0.15, 0.2) is 5.96 Å². The molecule has 2 N–H and O–H groups in total. The van der Waals surface area contributed by atoms with Crippen LogP contribution in [0.15, 0.2) is 35.3 Å². The number of H-pyrrole nitrogens is 1. The van der Waals surface area contributed by atoms with Crippen LogP contribution in [-0.2, 0) is 6.54 Å². The lowest BCUT2D eigenvalue weighted by Gasteiger charge is -2.25. The normalized spacial score (nSPS) is 20.7. The Morgan fingerprint density at radius 3 is 2.87 bits per heavy atom. The molecule has 2 aliphatic rings. The summed E-state index contributed by atoms with van der Waals surface area (Å²) in [6.45, 7) is 3.12. The molecule has 4 rings (SSSR count). The number of rotatable bonds is 2. The van der Waals surface area contributed by atoms with Gasteiger partial charge in [-0.15, -0.1) is 0 Å². The molecule has 4 nitrogen and oxygen atoms in total. The van der Waals surface area contributed by atoms with Crippen molar-refractivity contribution in [2.45, 2.75) is 38.6 Å². The fourth-order valence-electron chi connectivity index (χ4n) is 4.38. The number of nitrogens with one attached hydrogen (secondary N) is 2. The maximum Gasteiger partial charge on any atom is 0.193 e. The lowest BCUT2D eigenvalue weighted by molar-refractivity contribution is 0.309. The number of nitrogens with zero attached hydrogens (tertiary/aromatic N) is 2. The minimum Gasteiger partial charge on any atom is -0.357 e. The second-order valence-corrected chi connectivity index (χ2v) is 7.16. The van der Waals surface area contributed by atoms with Crippen molar-refractivity contribution >= 4 is 16.9 Å². The zero-order valence-electron chi connectivity index (χ0n) is 13.9. The third-order valence-electron chi connectivity index (χ3n) is 5.64. The molecule has 0 atom stereocenters. The van der Waals surface area contributed by atoms with Gasteiger partial charge in [0.25, 0.3) is 0 Å². The van der Waals surface area contributed by atoms with Crippen molar-refractivity contribution in [2.75, 3.05) is 20.1 Å². The number of benzene rings is 1. The van der Waals surface area contributed by atoms with Crippen molar-refractivity contribution in [3.8, 4) is 0 Å². The van der Waals surface area contributed by atoms with Crippen molar-refractivity contribution in [2.24, 2.45) is 10.4 Å². The van der Waals surface area contributed by atoms with Crippen LogP contribution in [0, 0.1) is 5.41 Å². The molecule has 23 heavy (non-hydrogen) atoms. The van der Waals surface area contributed by atoms with Gasteiger partial charge in [-0.1, -0.05) is 31.0 Å². The Labute approximate surface area is 138 Å². The maximum atomic E-state index is 4.51. The monoisotopic (exact) mass is 310 g/mol. The molecule has 2 heterocycles. The zero-order valence-corrected chi connectivity index (χ0v) is 13.9. The Balaban J connectivity index is 1.41. The first-order valence-electron chi connectivity index (χ1n) is 8.80. The number of hydrogen-bond donors (Lipinski definition) is 2. The molecular weight excluding hydrogens is 284 g/mol. The van der Waals surface area contributed by atoms with Crippen LogP contribution in [0.1, 0.15) is 37.8 Å². The minimum absolute atomic E-state index is 0.582. The average molecular weight is 310 g/mol. The Morgan fingerprint density at radius 1 is 1.26 bits per heavy atom. The average Bonchev–Trinajstić information content (AvgIpc) is 3.29. The molecule has 0 amide bonds.